The Labute approximate surface area is 180 Å². The molecule has 0 saturated carbocycles. The standard InChI is InChI=1S/C25H23N3O3/c1-17(19-9-5-3-6-10-19)26-24(29)16-31-25(30)20-13-14-23-22(15-20)27-18(2)28(23)21-11-7-4-8-12-21/h3-15,17H,16H2,1-2H3,(H,26,29). The molecular formula is C25H23N3O3. The summed E-state index contributed by atoms with van der Waals surface area (Å²) in [7, 11) is 0. The number of fused-ring (bicyclic) bond motifs is 1. The first-order valence-corrected chi connectivity index (χ1v) is 10.1. The van der Waals surface area contributed by atoms with E-state index in [1.54, 1.807) is 12.1 Å². The van der Waals surface area contributed by atoms with E-state index in [1.165, 1.54) is 0 Å². The topological polar surface area (TPSA) is 73.2 Å². The summed E-state index contributed by atoms with van der Waals surface area (Å²) in [5, 5.41) is 2.83. The first-order valence-electron chi connectivity index (χ1n) is 10.1. The second-order valence-corrected chi connectivity index (χ2v) is 7.31. The molecule has 0 saturated heterocycles. The van der Waals surface area contributed by atoms with E-state index < -0.39 is 5.97 Å². The minimum absolute atomic E-state index is 0.173. The lowest BCUT2D eigenvalue weighted by Crippen LogP contribution is -2.31. The number of rotatable bonds is 6. The van der Waals surface area contributed by atoms with Crippen molar-refractivity contribution in [1.29, 1.82) is 0 Å². The first kappa shape index (κ1) is 20.3. The second kappa shape index (κ2) is 8.83. The predicted octanol–water partition coefficient (Wildman–Crippen LogP) is 4.37. The SMILES string of the molecule is Cc1nc2cc(C(=O)OCC(=O)NC(C)c3ccccc3)ccc2n1-c1ccccc1. The van der Waals surface area contributed by atoms with E-state index in [0.29, 0.717) is 11.1 Å². The fourth-order valence-electron chi connectivity index (χ4n) is 3.55. The van der Waals surface area contributed by atoms with E-state index >= 15 is 0 Å². The van der Waals surface area contributed by atoms with Crippen LogP contribution in [0.3, 0.4) is 0 Å². The number of aromatic nitrogens is 2. The number of ether oxygens (including phenoxy) is 1. The molecule has 6 nitrogen and oxygen atoms in total. The second-order valence-electron chi connectivity index (χ2n) is 7.31. The normalized spacial score (nSPS) is 11.8. The Morgan fingerprint density at radius 2 is 1.68 bits per heavy atom. The number of aryl methyl sites for hydroxylation is 1. The van der Waals surface area contributed by atoms with Gasteiger partial charge in [0.15, 0.2) is 6.61 Å². The van der Waals surface area contributed by atoms with Crippen molar-refractivity contribution in [2.75, 3.05) is 6.61 Å². The van der Waals surface area contributed by atoms with Crippen LogP contribution in [0.4, 0.5) is 0 Å². The monoisotopic (exact) mass is 413 g/mol. The van der Waals surface area contributed by atoms with E-state index in [0.717, 1.165) is 22.6 Å². The van der Waals surface area contributed by atoms with Crippen molar-refractivity contribution in [2.24, 2.45) is 0 Å². The van der Waals surface area contributed by atoms with Gasteiger partial charge in [-0.15, -0.1) is 0 Å². The van der Waals surface area contributed by atoms with Crippen molar-refractivity contribution in [3.63, 3.8) is 0 Å². The summed E-state index contributed by atoms with van der Waals surface area (Å²) in [4.78, 5) is 29.2. The molecule has 0 radical (unpaired) electrons. The lowest BCUT2D eigenvalue weighted by molar-refractivity contribution is -0.124. The van der Waals surface area contributed by atoms with Gasteiger partial charge in [-0.3, -0.25) is 9.36 Å². The van der Waals surface area contributed by atoms with Crippen LogP contribution in [0.1, 0.15) is 34.7 Å². The molecule has 1 heterocycles. The molecule has 1 atom stereocenters. The van der Waals surface area contributed by atoms with E-state index in [4.69, 9.17) is 4.74 Å². The molecule has 0 aliphatic rings. The zero-order valence-corrected chi connectivity index (χ0v) is 17.4. The molecule has 4 aromatic rings. The van der Waals surface area contributed by atoms with Gasteiger partial charge in [0.05, 0.1) is 22.6 Å². The van der Waals surface area contributed by atoms with Gasteiger partial charge in [-0.25, -0.2) is 9.78 Å². The molecule has 1 aromatic heterocycles. The Balaban J connectivity index is 1.43. The molecule has 4 rings (SSSR count). The number of esters is 1. The molecule has 1 amide bonds. The van der Waals surface area contributed by atoms with Crippen molar-refractivity contribution in [3.8, 4) is 5.69 Å². The molecule has 6 heteroatoms. The van der Waals surface area contributed by atoms with Gasteiger partial charge in [-0.1, -0.05) is 48.5 Å². The van der Waals surface area contributed by atoms with E-state index in [-0.39, 0.29) is 18.6 Å². The number of amides is 1. The zero-order chi connectivity index (χ0) is 21.8. The fraction of sp³-hybridized carbons (Fsp3) is 0.160. The van der Waals surface area contributed by atoms with Crippen molar-refractivity contribution in [1.82, 2.24) is 14.9 Å². The van der Waals surface area contributed by atoms with Gasteiger partial charge in [0, 0.05) is 5.69 Å². The van der Waals surface area contributed by atoms with Gasteiger partial charge < -0.3 is 10.1 Å². The van der Waals surface area contributed by atoms with E-state index in [9.17, 15) is 9.59 Å². The van der Waals surface area contributed by atoms with Gasteiger partial charge in [0.2, 0.25) is 0 Å². The molecule has 0 fully saturated rings. The Bertz CT molecular complexity index is 1220. The van der Waals surface area contributed by atoms with Crippen molar-refractivity contribution in [3.05, 3.63) is 95.8 Å². The third-order valence-electron chi connectivity index (χ3n) is 5.08. The average molecular weight is 413 g/mol. The summed E-state index contributed by atoms with van der Waals surface area (Å²) in [6.45, 7) is 3.46. The van der Waals surface area contributed by atoms with Crippen LogP contribution in [-0.2, 0) is 9.53 Å². The summed E-state index contributed by atoms with van der Waals surface area (Å²) in [6, 6.07) is 24.6. The largest absolute Gasteiger partial charge is 0.452 e. The summed E-state index contributed by atoms with van der Waals surface area (Å²) in [5.41, 5.74) is 3.93. The summed E-state index contributed by atoms with van der Waals surface area (Å²) < 4.78 is 7.24. The molecule has 3 aromatic carbocycles. The smallest absolute Gasteiger partial charge is 0.338 e. The van der Waals surface area contributed by atoms with Gasteiger partial charge in [0.1, 0.15) is 5.82 Å². The Morgan fingerprint density at radius 3 is 2.39 bits per heavy atom. The highest BCUT2D eigenvalue weighted by Gasteiger charge is 2.16. The van der Waals surface area contributed by atoms with Gasteiger partial charge in [0.25, 0.3) is 5.91 Å². The number of hydrogen-bond donors (Lipinski definition) is 1. The van der Waals surface area contributed by atoms with E-state index in [1.807, 2.05) is 85.1 Å². The molecule has 31 heavy (non-hydrogen) atoms. The van der Waals surface area contributed by atoms with Crippen molar-refractivity contribution in [2.45, 2.75) is 19.9 Å². The fourth-order valence-corrected chi connectivity index (χ4v) is 3.55. The van der Waals surface area contributed by atoms with E-state index in [2.05, 4.69) is 10.3 Å². The van der Waals surface area contributed by atoms with Crippen LogP contribution < -0.4 is 5.32 Å². The number of nitrogens with one attached hydrogen (secondary N) is 1. The van der Waals surface area contributed by atoms with Gasteiger partial charge in [-0.05, 0) is 49.7 Å². The first-order chi connectivity index (χ1) is 15.0. The highest BCUT2D eigenvalue weighted by molar-refractivity contribution is 5.95. The molecule has 156 valence electrons. The number of para-hydroxylation sites is 1. The number of nitrogens with zero attached hydrogens (tertiary/aromatic N) is 2. The molecule has 0 aliphatic carbocycles. The summed E-state index contributed by atoms with van der Waals surface area (Å²) in [5.74, 6) is -0.0905. The maximum absolute atomic E-state index is 12.5. The highest BCUT2D eigenvalue weighted by Crippen LogP contribution is 2.22. The quantitative estimate of drug-likeness (QED) is 0.477. The minimum Gasteiger partial charge on any atom is -0.452 e. The number of carbonyl (C=O) groups is 2. The molecule has 0 aliphatic heterocycles. The Kier molecular flexibility index (Phi) is 5.80. The van der Waals surface area contributed by atoms with Crippen molar-refractivity contribution >= 4 is 22.9 Å². The van der Waals surface area contributed by atoms with Gasteiger partial charge in [-0.2, -0.15) is 0 Å². The number of imidazole rings is 1. The highest BCUT2D eigenvalue weighted by atomic mass is 16.5. The molecule has 1 unspecified atom stereocenters. The predicted molar refractivity (Wildman–Crippen MR) is 119 cm³/mol. The average Bonchev–Trinajstić information content (AvgIpc) is 3.13. The minimum atomic E-state index is -0.559. The van der Waals surface area contributed by atoms with Crippen LogP contribution in [-0.4, -0.2) is 28.0 Å². The Morgan fingerprint density at radius 1 is 1.00 bits per heavy atom. The molecular weight excluding hydrogens is 390 g/mol. The molecule has 0 bridgehead atoms. The number of benzene rings is 3. The Hall–Kier alpha value is -3.93. The maximum atomic E-state index is 12.5. The molecule has 0 spiro atoms. The number of hydrogen-bond acceptors (Lipinski definition) is 4. The zero-order valence-electron chi connectivity index (χ0n) is 17.4. The lowest BCUT2D eigenvalue weighted by Gasteiger charge is -2.14. The molecule has 1 N–H and O–H groups in total. The maximum Gasteiger partial charge on any atom is 0.338 e. The van der Waals surface area contributed by atoms with Crippen LogP contribution in [0, 0.1) is 6.92 Å². The van der Waals surface area contributed by atoms with Crippen LogP contribution in [0.15, 0.2) is 78.9 Å². The van der Waals surface area contributed by atoms with Crippen LogP contribution in [0.2, 0.25) is 0 Å². The van der Waals surface area contributed by atoms with Gasteiger partial charge >= 0.3 is 5.97 Å². The lowest BCUT2D eigenvalue weighted by atomic mass is 10.1. The summed E-state index contributed by atoms with van der Waals surface area (Å²) >= 11 is 0. The third-order valence-corrected chi connectivity index (χ3v) is 5.08. The van der Waals surface area contributed by atoms with Crippen molar-refractivity contribution < 1.29 is 14.3 Å². The van der Waals surface area contributed by atoms with Crippen LogP contribution in [0.25, 0.3) is 16.7 Å². The number of carbonyl (C=O) groups excluding carboxylic acids is 2. The van der Waals surface area contributed by atoms with Crippen LogP contribution >= 0.6 is 0 Å². The van der Waals surface area contributed by atoms with Crippen LogP contribution in [0.5, 0.6) is 0 Å². The summed E-state index contributed by atoms with van der Waals surface area (Å²) in [6.07, 6.45) is 0. The third kappa shape index (κ3) is 4.48.